The van der Waals surface area contributed by atoms with Crippen LogP contribution in [-0.4, -0.2) is 15.7 Å². The maximum absolute atomic E-state index is 13.8. The third-order valence-electron chi connectivity index (χ3n) is 2.53. The van der Waals surface area contributed by atoms with Crippen LogP contribution in [-0.2, 0) is 12.7 Å². The molecule has 0 bridgehead atoms. The fraction of sp³-hybridized carbons (Fsp3) is 0.273. The van der Waals surface area contributed by atoms with Gasteiger partial charge in [0.15, 0.2) is 5.69 Å². The summed E-state index contributed by atoms with van der Waals surface area (Å²) in [5, 5.41) is 3.39. The van der Waals surface area contributed by atoms with Gasteiger partial charge in [0.2, 0.25) is 0 Å². The highest BCUT2D eigenvalue weighted by Gasteiger charge is 2.35. The van der Waals surface area contributed by atoms with Gasteiger partial charge < -0.3 is 5.73 Å². The molecule has 108 valence electrons. The van der Waals surface area contributed by atoms with Crippen LogP contribution in [0.25, 0.3) is 10.6 Å². The topological polar surface area (TPSA) is 60.9 Å². The SMILES string of the molecule is CCn1nc(C(F)(F)F)cc1-c1sc(C(N)=O)cc1F. The number of thiophene rings is 1. The van der Waals surface area contributed by atoms with E-state index in [-0.39, 0.29) is 22.0 Å². The summed E-state index contributed by atoms with van der Waals surface area (Å²) in [6.45, 7) is 1.71. The molecule has 1 amide bonds. The molecule has 2 aromatic heterocycles. The van der Waals surface area contributed by atoms with Crippen molar-refractivity contribution in [3.05, 3.63) is 28.5 Å². The van der Waals surface area contributed by atoms with Gasteiger partial charge in [0.05, 0.1) is 15.4 Å². The number of amides is 1. The Hall–Kier alpha value is -1.90. The zero-order chi connectivity index (χ0) is 15.1. The van der Waals surface area contributed by atoms with Crippen molar-refractivity contribution in [2.45, 2.75) is 19.6 Å². The normalized spacial score (nSPS) is 11.8. The van der Waals surface area contributed by atoms with E-state index in [4.69, 9.17) is 5.73 Å². The first-order valence-corrected chi connectivity index (χ1v) is 6.30. The summed E-state index contributed by atoms with van der Waals surface area (Å²) in [6, 6.07) is 1.66. The van der Waals surface area contributed by atoms with Crippen LogP contribution in [0.15, 0.2) is 12.1 Å². The van der Waals surface area contributed by atoms with Crippen molar-refractivity contribution in [2.24, 2.45) is 5.73 Å². The standard InChI is InChI=1S/C11H9F4N3OS/c1-2-18-6(4-8(17-18)11(13,14)15)9-5(12)3-7(20-9)10(16)19/h3-4H,2H2,1H3,(H2,16,19). The van der Waals surface area contributed by atoms with Gasteiger partial charge in [0, 0.05) is 6.54 Å². The number of aryl methyl sites for hydroxylation is 1. The van der Waals surface area contributed by atoms with Gasteiger partial charge >= 0.3 is 6.18 Å². The maximum atomic E-state index is 13.8. The highest BCUT2D eigenvalue weighted by molar-refractivity contribution is 7.17. The van der Waals surface area contributed by atoms with E-state index in [9.17, 15) is 22.4 Å². The molecule has 0 unspecified atom stereocenters. The first-order chi connectivity index (χ1) is 9.24. The van der Waals surface area contributed by atoms with Gasteiger partial charge in [-0.05, 0) is 19.1 Å². The molecule has 0 aromatic carbocycles. The van der Waals surface area contributed by atoms with E-state index >= 15 is 0 Å². The molecule has 2 heterocycles. The van der Waals surface area contributed by atoms with Gasteiger partial charge in [0.25, 0.3) is 5.91 Å². The lowest BCUT2D eigenvalue weighted by Crippen LogP contribution is -2.08. The zero-order valence-corrected chi connectivity index (χ0v) is 11.0. The maximum Gasteiger partial charge on any atom is 0.435 e. The lowest BCUT2D eigenvalue weighted by atomic mass is 10.3. The van der Waals surface area contributed by atoms with Crippen molar-refractivity contribution >= 4 is 17.2 Å². The summed E-state index contributed by atoms with van der Waals surface area (Å²) in [6.07, 6.45) is -4.62. The van der Waals surface area contributed by atoms with Crippen molar-refractivity contribution in [1.82, 2.24) is 9.78 Å². The third kappa shape index (κ3) is 2.53. The molecule has 0 aliphatic heterocycles. The molecule has 0 fully saturated rings. The van der Waals surface area contributed by atoms with Crippen LogP contribution in [0.5, 0.6) is 0 Å². The van der Waals surface area contributed by atoms with E-state index in [2.05, 4.69) is 5.10 Å². The molecule has 0 spiro atoms. The summed E-state index contributed by atoms with van der Waals surface area (Å²) in [5.41, 5.74) is 3.88. The number of rotatable bonds is 3. The van der Waals surface area contributed by atoms with E-state index in [0.717, 1.165) is 16.8 Å². The number of carbonyl (C=O) groups excluding carboxylic acids is 1. The Morgan fingerprint density at radius 3 is 2.55 bits per heavy atom. The molecule has 2 N–H and O–H groups in total. The number of carbonyl (C=O) groups is 1. The molecule has 0 aliphatic rings. The predicted molar refractivity (Wildman–Crippen MR) is 64.7 cm³/mol. The molecule has 0 aliphatic carbocycles. The minimum atomic E-state index is -4.62. The minimum absolute atomic E-state index is 0.0326. The smallest absolute Gasteiger partial charge is 0.365 e. The number of aromatic nitrogens is 2. The molecular formula is C11H9F4N3OS. The van der Waals surface area contributed by atoms with Crippen molar-refractivity contribution in [3.63, 3.8) is 0 Å². The Balaban J connectivity index is 2.57. The van der Waals surface area contributed by atoms with Crippen LogP contribution >= 0.6 is 11.3 Å². The first kappa shape index (κ1) is 14.5. The summed E-state index contributed by atoms with van der Waals surface area (Å²) >= 11 is 0.696. The molecule has 0 atom stereocenters. The fourth-order valence-corrected chi connectivity index (χ4v) is 2.55. The number of alkyl halides is 3. The van der Waals surface area contributed by atoms with Crippen molar-refractivity contribution in [2.75, 3.05) is 0 Å². The summed E-state index contributed by atoms with van der Waals surface area (Å²) in [5.74, 6) is -1.63. The monoisotopic (exact) mass is 307 g/mol. The average Bonchev–Trinajstić information content (AvgIpc) is 2.90. The third-order valence-corrected chi connectivity index (χ3v) is 3.68. The number of hydrogen-bond donors (Lipinski definition) is 1. The zero-order valence-electron chi connectivity index (χ0n) is 10.2. The summed E-state index contributed by atoms with van der Waals surface area (Å²) in [4.78, 5) is 10.8. The van der Waals surface area contributed by atoms with Crippen molar-refractivity contribution in [3.8, 4) is 10.6 Å². The highest BCUT2D eigenvalue weighted by atomic mass is 32.1. The van der Waals surface area contributed by atoms with Crippen LogP contribution in [0.4, 0.5) is 17.6 Å². The molecule has 0 saturated carbocycles. The lowest BCUT2D eigenvalue weighted by Gasteiger charge is -2.01. The second-order valence-corrected chi connectivity index (χ2v) is 4.93. The van der Waals surface area contributed by atoms with E-state index in [1.54, 1.807) is 6.92 Å². The molecule has 4 nitrogen and oxygen atoms in total. The lowest BCUT2D eigenvalue weighted by molar-refractivity contribution is -0.141. The second kappa shape index (κ2) is 4.89. The van der Waals surface area contributed by atoms with E-state index in [1.807, 2.05) is 0 Å². The second-order valence-electron chi connectivity index (χ2n) is 3.88. The molecule has 2 rings (SSSR count). The summed E-state index contributed by atoms with van der Waals surface area (Å²) in [7, 11) is 0. The van der Waals surface area contributed by atoms with Gasteiger partial charge in [-0.3, -0.25) is 9.48 Å². The number of halogens is 4. The van der Waals surface area contributed by atoms with Crippen LogP contribution in [0.3, 0.4) is 0 Å². The Morgan fingerprint density at radius 1 is 1.45 bits per heavy atom. The van der Waals surface area contributed by atoms with Gasteiger partial charge in [-0.1, -0.05) is 0 Å². The van der Waals surface area contributed by atoms with E-state index in [1.165, 1.54) is 0 Å². The molecule has 20 heavy (non-hydrogen) atoms. The van der Waals surface area contributed by atoms with Gasteiger partial charge in [-0.15, -0.1) is 11.3 Å². The molecule has 9 heteroatoms. The Bertz CT molecular complexity index is 659. The van der Waals surface area contributed by atoms with Gasteiger partial charge in [-0.25, -0.2) is 4.39 Å². The largest absolute Gasteiger partial charge is 0.435 e. The Labute approximate surface area is 114 Å². The number of hydrogen-bond acceptors (Lipinski definition) is 3. The predicted octanol–water partition coefficient (Wildman–Crippen LogP) is 2.89. The van der Waals surface area contributed by atoms with Crippen LogP contribution in [0.2, 0.25) is 0 Å². The molecule has 0 saturated heterocycles. The quantitative estimate of drug-likeness (QED) is 0.886. The van der Waals surface area contributed by atoms with E-state index < -0.39 is 23.6 Å². The Morgan fingerprint density at radius 2 is 2.10 bits per heavy atom. The summed E-state index contributed by atoms with van der Waals surface area (Å²) < 4.78 is 52.7. The van der Waals surface area contributed by atoms with Crippen molar-refractivity contribution in [1.29, 1.82) is 0 Å². The number of nitrogens with zero attached hydrogens (tertiary/aromatic N) is 2. The van der Waals surface area contributed by atoms with Gasteiger partial charge in [-0.2, -0.15) is 18.3 Å². The van der Waals surface area contributed by atoms with Crippen LogP contribution in [0, 0.1) is 5.82 Å². The molecule has 0 radical (unpaired) electrons. The van der Waals surface area contributed by atoms with Crippen LogP contribution in [0.1, 0.15) is 22.3 Å². The fourth-order valence-electron chi connectivity index (χ4n) is 1.64. The van der Waals surface area contributed by atoms with Gasteiger partial charge in [0.1, 0.15) is 5.82 Å². The number of nitrogens with two attached hydrogens (primary N) is 1. The minimum Gasteiger partial charge on any atom is -0.365 e. The van der Waals surface area contributed by atoms with E-state index in [0.29, 0.717) is 11.3 Å². The number of primary amides is 1. The Kier molecular flexibility index (Phi) is 3.55. The van der Waals surface area contributed by atoms with Crippen molar-refractivity contribution < 1.29 is 22.4 Å². The first-order valence-electron chi connectivity index (χ1n) is 5.48. The average molecular weight is 307 g/mol. The molecule has 2 aromatic rings. The highest BCUT2D eigenvalue weighted by Crippen LogP contribution is 2.36. The van der Waals surface area contributed by atoms with Crippen LogP contribution < -0.4 is 5.73 Å². The molecular weight excluding hydrogens is 298 g/mol.